The smallest absolute Gasteiger partial charge is 0.426 e. The normalized spacial score (nSPS) is 30.1. The van der Waals surface area contributed by atoms with Crippen LogP contribution < -0.4 is 0 Å². The van der Waals surface area contributed by atoms with Crippen LogP contribution in [0.1, 0.15) is 13.8 Å². The first kappa shape index (κ1) is 12.4. The molecule has 0 aromatic carbocycles. The Hall–Kier alpha value is -0.710. The zero-order valence-electron chi connectivity index (χ0n) is 8.10. The molecule has 2 atom stereocenters. The first-order valence-electron chi connectivity index (χ1n) is 4.26. The van der Waals surface area contributed by atoms with E-state index in [0.29, 0.717) is 0 Å². The average molecular weight is 243 g/mol. The highest BCUT2D eigenvalue weighted by Crippen LogP contribution is 2.60. The average Bonchev–Trinajstić information content (AvgIpc) is 2.50. The topological polar surface area (TPSA) is 37.3 Å². The summed E-state index contributed by atoms with van der Waals surface area (Å²) < 4.78 is 36.2. The number of rotatable bonds is 2. The van der Waals surface area contributed by atoms with Gasteiger partial charge in [-0.3, -0.25) is 4.79 Å². The molecule has 0 amide bonds. The van der Waals surface area contributed by atoms with E-state index in [1.54, 1.807) is 13.8 Å². The molecule has 0 bridgehead atoms. The molecule has 1 saturated carbocycles. The van der Waals surface area contributed by atoms with Gasteiger partial charge in [0.05, 0.1) is 5.92 Å². The van der Waals surface area contributed by atoms with Crippen molar-refractivity contribution in [2.24, 2.45) is 17.3 Å². The summed E-state index contributed by atoms with van der Waals surface area (Å²) in [7, 11) is 0. The Morgan fingerprint density at radius 2 is 1.93 bits per heavy atom. The molecular formula is C9H10ClF3O2. The molecule has 1 fully saturated rings. The molecule has 0 spiro atoms. The van der Waals surface area contributed by atoms with E-state index in [-0.39, 0.29) is 0 Å². The number of alkyl halides is 3. The molecule has 1 N–H and O–H groups in total. The third-order valence-corrected chi connectivity index (χ3v) is 3.11. The van der Waals surface area contributed by atoms with Crippen LogP contribution in [-0.2, 0) is 4.79 Å². The second-order valence-corrected chi connectivity index (χ2v) is 4.58. The van der Waals surface area contributed by atoms with Crippen LogP contribution in [0.4, 0.5) is 13.2 Å². The number of carbonyl (C=O) groups is 1. The van der Waals surface area contributed by atoms with Crippen molar-refractivity contribution < 1.29 is 23.1 Å². The van der Waals surface area contributed by atoms with Gasteiger partial charge < -0.3 is 5.11 Å². The monoisotopic (exact) mass is 242 g/mol. The summed E-state index contributed by atoms with van der Waals surface area (Å²) in [5, 5.41) is 7.48. The Kier molecular flexibility index (Phi) is 2.80. The van der Waals surface area contributed by atoms with E-state index in [1.165, 1.54) is 0 Å². The minimum Gasteiger partial charge on any atom is -0.481 e. The number of carboxylic acid groups (broad SMARTS) is 1. The number of hydrogen-bond acceptors (Lipinski definition) is 1. The molecule has 2 nitrogen and oxygen atoms in total. The summed E-state index contributed by atoms with van der Waals surface area (Å²) in [5.74, 6) is -2.52. The van der Waals surface area contributed by atoms with Crippen molar-refractivity contribution in [2.75, 3.05) is 0 Å². The summed E-state index contributed by atoms with van der Waals surface area (Å²) in [4.78, 5) is 10.7. The molecule has 86 valence electrons. The van der Waals surface area contributed by atoms with Crippen LogP contribution in [0.3, 0.4) is 0 Å². The quantitative estimate of drug-likeness (QED) is 0.808. The minimum absolute atomic E-state index is 0.649. The molecule has 0 aromatic heterocycles. The maximum absolute atomic E-state index is 12.1. The number of aliphatic carboxylic acids is 1. The Morgan fingerprint density at radius 3 is 2.20 bits per heavy atom. The lowest BCUT2D eigenvalue weighted by atomic mass is 10.1. The van der Waals surface area contributed by atoms with Crippen LogP contribution >= 0.6 is 11.6 Å². The lowest BCUT2D eigenvalue weighted by Crippen LogP contribution is -2.07. The third kappa shape index (κ3) is 2.27. The first-order chi connectivity index (χ1) is 6.58. The second kappa shape index (κ2) is 3.40. The van der Waals surface area contributed by atoms with Crippen molar-refractivity contribution in [3.8, 4) is 0 Å². The van der Waals surface area contributed by atoms with Crippen molar-refractivity contribution in [2.45, 2.75) is 20.0 Å². The van der Waals surface area contributed by atoms with Crippen LogP contribution in [0.2, 0.25) is 0 Å². The predicted octanol–water partition coefficient (Wildman–Crippen LogP) is 3.03. The van der Waals surface area contributed by atoms with Gasteiger partial charge in [0.1, 0.15) is 5.03 Å². The van der Waals surface area contributed by atoms with E-state index in [9.17, 15) is 18.0 Å². The zero-order chi connectivity index (χ0) is 12.0. The van der Waals surface area contributed by atoms with Gasteiger partial charge in [0.2, 0.25) is 0 Å². The number of carboxylic acids is 1. The van der Waals surface area contributed by atoms with E-state index in [0.717, 1.165) is 6.08 Å². The molecule has 0 radical (unpaired) electrons. The summed E-state index contributed by atoms with van der Waals surface area (Å²) in [5.41, 5.74) is -0.656. The largest absolute Gasteiger partial charge is 0.481 e. The van der Waals surface area contributed by atoms with Gasteiger partial charge in [-0.25, -0.2) is 0 Å². The SMILES string of the molecule is CC1(C)[C@H](C=C(Cl)C(F)(F)F)[C@H]1C(=O)O. The van der Waals surface area contributed by atoms with Gasteiger partial charge in [0, 0.05) is 0 Å². The third-order valence-electron chi connectivity index (χ3n) is 2.77. The zero-order valence-corrected chi connectivity index (χ0v) is 8.86. The molecule has 1 aliphatic carbocycles. The van der Waals surface area contributed by atoms with E-state index < -0.39 is 34.4 Å². The van der Waals surface area contributed by atoms with E-state index in [1.807, 2.05) is 0 Å². The molecule has 0 unspecified atom stereocenters. The molecule has 0 aromatic rings. The number of allylic oxidation sites excluding steroid dienone is 2. The fourth-order valence-corrected chi connectivity index (χ4v) is 1.85. The molecule has 0 heterocycles. The van der Waals surface area contributed by atoms with Crippen molar-refractivity contribution >= 4 is 17.6 Å². The number of hydrogen-bond donors (Lipinski definition) is 1. The standard InChI is InChI=1S/C9H10ClF3O2/c1-8(2)4(6(8)7(14)15)3-5(10)9(11,12)13/h3-4,6H,1-2H3,(H,14,15)/t4-,6+/m1/s1. The fraction of sp³-hybridized carbons (Fsp3) is 0.667. The molecule has 6 heteroatoms. The van der Waals surface area contributed by atoms with Crippen molar-refractivity contribution in [3.63, 3.8) is 0 Å². The summed E-state index contributed by atoms with van der Waals surface area (Å²) in [6.07, 6.45) is -3.80. The molecule has 15 heavy (non-hydrogen) atoms. The lowest BCUT2D eigenvalue weighted by Gasteiger charge is -2.04. The van der Waals surface area contributed by atoms with Crippen LogP contribution in [0.5, 0.6) is 0 Å². The molecule has 0 aliphatic heterocycles. The molecule has 1 rings (SSSR count). The van der Waals surface area contributed by atoms with Gasteiger partial charge in [-0.1, -0.05) is 31.5 Å². The van der Waals surface area contributed by atoms with E-state index >= 15 is 0 Å². The highest BCUT2D eigenvalue weighted by molar-refractivity contribution is 6.30. The number of halogens is 4. The van der Waals surface area contributed by atoms with Crippen LogP contribution in [0.15, 0.2) is 11.1 Å². The van der Waals surface area contributed by atoms with Crippen molar-refractivity contribution in [1.29, 1.82) is 0 Å². The highest BCUT2D eigenvalue weighted by Gasteiger charge is 2.61. The summed E-state index contributed by atoms with van der Waals surface area (Å²) >= 11 is 5.03. The second-order valence-electron chi connectivity index (χ2n) is 4.18. The molecular weight excluding hydrogens is 233 g/mol. The maximum Gasteiger partial charge on any atom is 0.426 e. The lowest BCUT2D eigenvalue weighted by molar-refractivity contribution is -0.139. The van der Waals surface area contributed by atoms with Crippen LogP contribution in [0, 0.1) is 17.3 Å². The summed E-state index contributed by atoms with van der Waals surface area (Å²) in [6.45, 7) is 3.21. The summed E-state index contributed by atoms with van der Waals surface area (Å²) in [6, 6.07) is 0. The minimum atomic E-state index is -4.59. The highest BCUT2D eigenvalue weighted by atomic mass is 35.5. The van der Waals surface area contributed by atoms with Crippen molar-refractivity contribution in [1.82, 2.24) is 0 Å². The van der Waals surface area contributed by atoms with Gasteiger partial charge in [0.25, 0.3) is 0 Å². The van der Waals surface area contributed by atoms with Crippen molar-refractivity contribution in [3.05, 3.63) is 11.1 Å². The van der Waals surface area contributed by atoms with Gasteiger partial charge >= 0.3 is 12.1 Å². The molecule has 1 aliphatic rings. The van der Waals surface area contributed by atoms with Gasteiger partial charge in [-0.2, -0.15) is 13.2 Å². The van der Waals surface area contributed by atoms with Gasteiger partial charge in [-0.15, -0.1) is 0 Å². The fourth-order valence-electron chi connectivity index (χ4n) is 1.71. The Balaban J connectivity index is 2.83. The van der Waals surface area contributed by atoms with Crippen LogP contribution in [0.25, 0.3) is 0 Å². The van der Waals surface area contributed by atoms with E-state index in [2.05, 4.69) is 0 Å². The predicted molar refractivity (Wildman–Crippen MR) is 48.4 cm³/mol. The van der Waals surface area contributed by atoms with Gasteiger partial charge in [0.15, 0.2) is 0 Å². The molecule has 0 saturated heterocycles. The maximum atomic E-state index is 12.1. The Bertz CT molecular complexity index is 320. The van der Waals surface area contributed by atoms with Crippen LogP contribution in [-0.4, -0.2) is 17.3 Å². The van der Waals surface area contributed by atoms with E-state index in [4.69, 9.17) is 16.7 Å². The Morgan fingerprint density at radius 1 is 1.47 bits per heavy atom. The van der Waals surface area contributed by atoms with Gasteiger partial charge in [-0.05, 0) is 11.3 Å². The first-order valence-corrected chi connectivity index (χ1v) is 4.63. The Labute approximate surface area is 89.7 Å².